The van der Waals surface area contributed by atoms with Gasteiger partial charge in [-0.3, -0.25) is 19.2 Å². The predicted molar refractivity (Wildman–Crippen MR) is 118 cm³/mol. The summed E-state index contributed by atoms with van der Waals surface area (Å²) in [7, 11) is 0. The summed E-state index contributed by atoms with van der Waals surface area (Å²) in [5.41, 5.74) is 3.18. The highest BCUT2D eigenvalue weighted by Crippen LogP contribution is 2.39. The summed E-state index contributed by atoms with van der Waals surface area (Å²) in [5, 5.41) is 24.4. The molecule has 2 aliphatic heterocycles. The van der Waals surface area contributed by atoms with Gasteiger partial charge in [-0.05, 0) is 47.5 Å². The number of ether oxygens (including phenoxy) is 1. The third-order valence-electron chi connectivity index (χ3n) is 5.75. The van der Waals surface area contributed by atoms with E-state index in [0.29, 0.717) is 12.8 Å². The van der Waals surface area contributed by atoms with Crippen molar-refractivity contribution in [2.24, 2.45) is 5.73 Å². The molecule has 0 radical (unpaired) electrons. The van der Waals surface area contributed by atoms with Crippen molar-refractivity contribution in [1.82, 2.24) is 20.4 Å². The van der Waals surface area contributed by atoms with Crippen LogP contribution in [0.5, 0.6) is 0 Å². The maximum atomic E-state index is 13.2. The minimum Gasteiger partial charge on any atom is -0.444 e. The van der Waals surface area contributed by atoms with E-state index in [1.807, 2.05) is 0 Å². The van der Waals surface area contributed by atoms with Crippen LogP contribution >= 0.6 is 0 Å². The van der Waals surface area contributed by atoms with Crippen molar-refractivity contribution in [1.29, 1.82) is 0 Å². The second kappa shape index (κ2) is 10.1. The number of nitrogens with zero attached hydrogens (tertiary/aromatic N) is 2. The number of carbonyl (C=O) groups excluding carboxylic acids is 5. The van der Waals surface area contributed by atoms with Crippen molar-refractivity contribution in [2.75, 3.05) is 19.6 Å². The van der Waals surface area contributed by atoms with Gasteiger partial charge < -0.3 is 41.1 Å². The second-order valence-electron chi connectivity index (χ2n) is 9.84. The lowest BCUT2D eigenvalue weighted by molar-refractivity contribution is -0.170. The van der Waals surface area contributed by atoms with Crippen LogP contribution in [0.1, 0.15) is 47.5 Å². The van der Waals surface area contributed by atoms with Crippen LogP contribution in [0.3, 0.4) is 0 Å². The van der Waals surface area contributed by atoms with E-state index in [2.05, 4.69) is 10.6 Å². The molecule has 6 N–H and O–H groups in total. The average Bonchev–Trinajstić information content (AvgIpc) is 3.13. The quantitative estimate of drug-likeness (QED) is 0.239. The highest BCUT2D eigenvalue weighted by molar-refractivity contribution is 6.01. The zero-order valence-corrected chi connectivity index (χ0v) is 20.2. The van der Waals surface area contributed by atoms with Gasteiger partial charge in [-0.2, -0.15) is 0 Å². The monoisotopic (exact) mass is 485 g/mol. The van der Waals surface area contributed by atoms with Crippen LogP contribution in [-0.2, 0) is 23.9 Å². The van der Waals surface area contributed by atoms with Gasteiger partial charge in [0.2, 0.25) is 17.7 Å². The number of amides is 5. The molecule has 2 saturated heterocycles. The lowest BCUT2D eigenvalue weighted by Crippen LogP contribution is -2.75. The second-order valence-corrected chi connectivity index (χ2v) is 9.84. The molecule has 1 spiro atoms. The van der Waals surface area contributed by atoms with Gasteiger partial charge in [0.1, 0.15) is 23.2 Å². The summed E-state index contributed by atoms with van der Waals surface area (Å²) in [4.78, 5) is 64.6. The van der Waals surface area contributed by atoms with Crippen molar-refractivity contribution >= 4 is 29.7 Å². The first kappa shape index (κ1) is 27.3. The van der Waals surface area contributed by atoms with Gasteiger partial charge >= 0.3 is 6.09 Å². The highest BCUT2D eigenvalue weighted by Gasteiger charge is 2.60. The molecule has 2 rings (SSSR count). The molecule has 13 heteroatoms. The zero-order valence-electron chi connectivity index (χ0n) is 20.2. The lowest BCUT2D eigenvalue weighted by Gasteiger charge is -2.51. The normalized spacial score (nSPS) is 23.6. The van der Waals surface area contributed by atoms with E-state index in [1.165, 1.54) is 23.6 Å². The largest absolute Gasteiger partial charge is 0.444 e. The number of primary amides is 1. The van der Waals surface area contributed by atoms with Gasteiger partial charge in [0.05, 0.1) is 25.3 Å². The maximum absolute atomic E-state index is 13.2. The SMILES string of the molecule is CC(O)[C@H](NC(=O)CN1CC2(CCCN2C(=O)[C@@H](NC(=O)OC(C)(C)C)[C@@H](C)O)C1=O)C(N)=O. The van der Waals surface area contributed by atoms with Crippen LogP contribution in [-0.4, -0.2) is 105 Å². The number of likely N-dealkylation sites (tertiary alicyclic amines) is 2. The molecule has 192 valence electrons. The van der Waals surface area contributed by atoms with Crippen LogP contribution in [0.15, 0.2) is 0 Å². The third kappa shape index (κ3) is 5.95. The standard InChI is InChI=1S/C21H35N5O8/c1-11(27)14(16(22)30)23-13(29)9-25-10-21(18(25)32)7-6-8-26(21)17(31)15(12(2)28)24-19(33)34-20(3,4)5/h11-12,14-15,27-28H,6-10H2,1-5H3,(H2,22,30)(H,23,29)(H,24,33)/t11?,12-,14+,15+,21?/m1/s1. The minimum atomic E-state index is -1.32. The molecule has 0 bridgehead atoms. The maximum Gasteiger partial charge on any atom is 0.408 e. The van der Waals surface area contributed by atoms with Gasteiger partial charge in [-0.1, -0.05) is 0 Å². The Morgan fingerprint density at radius 1 is 1.12 bits per heavy atom. The number of rotatable bonds is 8. The molecule has 34 heavy (non-hydrogen) atoms. The predicted octanol–water partition coefficient (Wildman–Crippen LogP) is -2.19. The van der Waals surface area contributed by atoms with E-state index < -0.39 is 65.2 Å². The van der Waals surface area contributed by atoms with Crippen molar-refractivity contribution < 1.29 is 38.9 Å². The molecular formula is C21H35N5O8. The fourth-order valence-corrected chi connectivity index (χ4v) is 4.19. The third-order valence-corrected chi connectivity index (χ3v) is 5.75. The molecule has 0 aromatic rings. The fraction of sp³-hybridized carbons (Fsp3) is 0.762. The number of aliphatic hydroxyl groups is 2. The molecule has 5 amide bonds. The van der Waals surface area contributed by atoms with Crippen LogP contribution in [0.2, 0.25) is 0 Å². The number of alkyl carbamates (subject to hydrolysis) is 1. The van der Waals surface area contributed by atoms with Crippen molar-refractivity contribution in [3.63, 3.8) is 0 Å². The van der Waals surface area contributed by atoms with Crippen LogP contribution in [0.25, 0.3) is 0 Å². The Morgan fingerprint density at radius 3 is 2.18 bits per heavy atom. The van der Waals surface area contributed by atoms with Crippen molar-refractivity contribution in [3.8, 4) is 0 Å². The van der Waals surface area contributed by atoms with E-state index in [9.17, 15) is 34.2 Å². The molecule has 0 aromatic carbocycles. The van der Waals surface area contributed by atoms with E-state index in [-0.39, 0.29) is 19.6 Å². The smallest absolute Gasteiger partial charge is 0.408 e. The van der Waals surface area contributed by atoms with E-state index in [1.54, 1.807) is 20.8 Å². The molecule has 5 atom stereocenters. The number of nitrogens with two attached hydrogens (primary N) is 1. The first-order chi connectivity index (χ1) is 15.6. The van der Waals surface area contributed by atoms with E-state index in [0.717, 1.165) is 0 Å². The van der Waals surface area contributed by atoms with E-state index >= 15 is 0 Å². The molecule has 2 heterocycles. The molecule has 2 aliphatic rings. The number of hydrogen-bond donors (Lipinski definition) is 5. The van der Waals surface area contributed by atoms with Crippen LogP contribution in [0, 0.1) is 0 Å². The Morgan fingerprint density at radius 2 is 1.71 bits per heavy atom. The van der Waals surface area contributed by atoms with Crippen LogP contribution in [0.4, 0.5) is 4.79 Å². The Kier molecular flexibility index (Phi) is 8.14. The van der Waals surface area contributed by atoms with Crippen LogP contribution < -0.4 is 16.4 Å². The summed E-state index contributed by atoms with van der Waals surface area (Å²) in [6.07, 6.45) is -2.44. The highest BCUT2D eigenvalue weighted by atomic mass is 16.6. The van der Waals surface area contributed by atoms with Gasteiger partial charge in [0.15, 0.2) is 0 Å². The van der Waals surface area contributed by atoms with Crippen molar-refractivity contribution in [2.45, 2.75) is 82.9 Å². The summed E-state index contributed by atoms with van der Waals surface area (Å²) in [6, 6.07) is -2.62. The molecular weight excluding hydrogens is 450 g/mol. The fourth-order valence-electron chi connectivity index (χ4n) is 4.19. The molecule has 2 fully saturated rings. The summed E-state index contributed by atoms with van der Waals surface area (Å²) < 4.78 is 5.17. The Bertz CT molecular complexity index is 840. The first-order valence-electron chi connectivity index (χ1n) is 11.1. The number of hydrogen-bond acceptors (Lipinski definition) is 8. The zero-order chi connectivity index (χ0) is 26.0. The summed E-state index contributed by atoms with van der Waals surface area (Å²) in [6.45, 7) is 7.55. The number of β-lactam (4-membered cyclic amide) rings is 1. The molecule has 0 saturated carbocycles. The lowest BCUT2D eigenvalue weighted by atomic mass is 9.85. The summed E-state index contributed by atoms with van der Waals surface area (Å²) in [5.74, 6) is -2.68. The topological polar surface area (TPSA) is 192 Å². The van der Waals surface area contributed by atoms with Gasteiger partial charge in [-0.15, -0.1) is 0 Å². The number of nitrogens with one attached hydrogen (secondary N) is 2. The summed E-state index contributed by atoms with van der Waals surface area (Å²) >= 11 is 0. The minimum absolute atomic E-state index is 0.0693. The van der Waals surface area contributed by atoms with Gasteiger partial charge in [0.25, 0.3) is 5.91 Å². The average molecular weight is 486 g/mol. The van der Waals surface area contributed by atoms with Gasteiger partial charge in [-0.25, -0.2) is 4.79 Å². The van der Waals surface area contributed by atoms with Gasteiger partial charge in [0, 0.05) is 6.54 Å². The van der Waals surface area contributed by atoms with Crippen molar-refractivity contribution in [3.05, 3.63) is 0 Å². The Labute approximate surface area is 197 Å². The number of aliphatic hydroxyl groups excluding tert-OH is 2. The molecule has 13 nitrogen and oxygen atoms in total. The molecule has 2 unspecified atom stereocenters. The molecule has 0 aliphatic carbocycles. The first-order valence-corrected chi connectivity index (χ1v) is 11.1. The Hall–Kier alpha value is -2.93. The number of carbonyl (C=O) groups is 5. The Balaban J connectivity index is 2.07. The molecule has 0 aromatic heterocycles. The van der Waals surface area contributed by atoms with E-state index in [4.69, 9.17) is 10.5 Å².